The maximum Gasteiger partial charge on any atom is 0.276 e. The van der Waals surface area contributed by atoms with Gasteiger partial charge in [0.15, 0.2) is 17.2 Å². The Bertz CT molecular complexity index is 701. The van der Waals surface area contributed by atoms with Crippen LogP contribution in [0.3, 0.4) is 0 Å². The maximum atomic E-state index is 12.2. The Hall–Kier alpha value is -2.83. The summed E-state index contributed by atoms with van der Waals surface area (Å²) in [5, 5.41) is 13.9. The summed E-state index contributed by atoms with van der Waals surface area (Å²) in [5.41, 5.74) is 0.862. The van der Waals surface area contributed by atoms with Crippen molar-refractivity contribution >= 4 is 17.4 Å². The van der Waals surface area contributed by atoms with Crippen LogP contribution in [0.5, 0.6) is 11.5 Å². The van der Waals surface area contributed by atoms with E-state index in [1.54, 1.807) is 30.3 Å². The van der Waals surface area contributed by atoms with Gasteiger partial charge in [-0.1, -0.05) is 13.8 Å². The number of carbonyl (C=O) groups excluding carboxylic acids is 1. The topological polar surface area (TPSA) is 85.4 Å². The largest absolute Gasteiger partial charge is 0.454 e. The molecule has 23 heavy (non-hydrogen) atoms. The smallest absolute Gasteiger partial charge is 0.276 e. The number of aromatic nitrogens is 2. The lowest BCUT2D eigenvalue weighted by molar-refractivity contribution is 0.102. The zero-order chi connectivity index (χ0) is 16.2. The van der Waals surface area contributed by atoms with Crippen molar-refractivity contribution in [2.24, 2.45) is 5.92 Å². The molecule has 1 amide bonds. The summed E-state index contributed by atoms with van der Waals surface area (Å²) < 4.78 is 10.5. The third kappa shape index (κ3) is 3.68. The highest BCUT2D eigenvalue weighted by Crippen LogP contribution is 2.34. The van der Waals surface area contributed by atoms with E-state index < -0.39 is 0 Å². The SMILES string of the molecule is CC(C)CNc1ccc(C(=O)Nc2ccc3c(c2)OCO3)nn1. The minimum absolute atomic E-state index is 0.197. The number of nitrogens with zero attached hydrogens (tertiary/aromatic N) is 2. The molecule has 0 aliphatic carbocycles. The second kappa shape index (κ2) is 6.51. The van der Waals surface area contributed by atoms with Crippen molar-refractivity contribution in [2.45, 2.75) is 13.8 Å². The van der Waals surface area contributed by atoms with Crippen molar-refractivity contribution in [3.63, 3.8) is 0 Å². The molecule has 120 valence electrons. The van der Waals surface area contributed by atoms with Crippen LogP contribution in [0.1, 0.15) is 24.3 Å². The Kier molecular flexibility index (Phi) is 4.27. The van der Waals surface area contributed by atoms with Crippen LogP contribution < -0.4 is 20.1 Å². The Balaban J connectivity index is 1.64. The average molecular weight is 314 g/mol. The quantitative estimate of drug-likeness (QED) is 0.882. The molecular weight excluding hydrogens is 296 g/mol. The minimum Gasteiger partial charge on any atom is -0.454 e. The first-order valence-corrected chi connectivity index (χ1v) is 7.40. The van der Waals surface area contributed by atoms with Gasteiger partial charge in [0, 0.05) is 18.3 Å². The van der Waals surface area contributed by atoms with Crippen molar-refractivity contribution in [1.82, 2.24) is 10.2 Å². The number of hydrogen-bond acceptors (Lipinski definition) is 6. The summed E-state index contributed by atoms with van der Waals surface area (Å²) >= 11 is 0. The normalized spacial score (nSPS) is 12.3. The number of amides is 1. The van der Waals surface area contributed by atoms with E-state index in [0.29, 0.717) is 28.9 Å². The van der Waals surface area contributed by atoms with Gasteiger partial charge in [-0.25, -0.2) is 0 Å². The first kappa shape index (κ1) is 15.1. The van der Waals surface area contributed by atoms with Crippen molar-refractivity contribution < 1.29 is 14.3 Å². The van der Waals surface area contributed by atoms with Crippen molar-refractivity contribution in [3.8, 4) is 11.5 Å². The number of fused-ring (bicyclic) bond motifs is 1. The third-order valence-corrected chi connectivity index (χ3v) is 3.22. The predicted molar refractivity (Wildman–Crippen MR) is 85.9 cm³/mol. The lowest BCUT2D eigenvalue weighted by Crippen LogP contribution is -2.15. The second-order valence-electron chi connectivity index (χ2n) is 5.60. The molecule has 1 aliphatic heterocycles. The van der Waals surface area contributed by atoms with Crippen LogP contribution in [-0.4, -0.2) is 29.4 Å². The third-order valence-electron chi connectivity index (χ3n) is 3.22. The summed E-state index contributed by atoms with van der Waals surface area (Å²) in [6, 6.07) is 8.59. The highest BCUT2D eigenvalue weighted by atomic mass is 16.7. The number of carbonyl (C=O) groups is 1. The van der Waals surface area contributed by atoms with Crippen LogP contribution in [0.4, 0.5) is 11.5 Å². The molecule has 0 fully saturated rings. The highest BCUT2D eigenvalue weighted by molar-refractivity contribution is 6.02. The van der Waals surface area contributed by atoms with E-state index in [9.17, 15) is 4.79 Å². The lowest BCUT2D eigenvalue weighted by atomic mass is 10.2. The molecule has 2 aromatic rings. The van der Waals surface area contributed by atoms with E-state index in [2.05, 4.69) is 34.7 Å². The molecular formula is C16H18N4O3. The van der Waals surface area contributed by atoms with Crippen molar-refractivity contribution in [2.75, 3.05) is 24.0 Å². The average Bonchev–Trinajstić information content (AvgIpc) is 3.01. The highest BCUT2D eigenvalue weighted by Gasteiger charge is 2.15. The van der Waals surface area contributed by atoms with E-state index in [1.807, 2.05) is 0 Å². The van der Waals surface area contributed by atoms with Crippen molar-refractivity contribution in [1.29, 1.82) is 0 Å². The fraction of sp³-hybridized carbons (Fsp3) is 0.312. The van der Waals surface area contributed by atoms with Gasteiger partial charge in [0.2, 0.25) is 6.79 Å². The molecule has 0 bridgehead atoms. The van der Waals surface area contributed by atoms with Crippen LogP contribution in [0.15, 0.2) is 30.3 Å². The zero-order valence-corrected chi connectivity index (χ0v) is 13.0. The van der Waals surface area contributed by atoms with Gasteiger partial charge < -0.3 is 20.1 Å². The molecule has 0 spiro atoms. The molecule has 0 unspecified atom stereocenters. The standard InChI is InChI=1S/C16H18N4O3/c1-10(2)8-17-15-6-4-12(19-20-15)16(21)18-11-3-5-13-14(7-11)23-9-22-13/h3-7,10H,8-9H2,1-2H3,(H,17,20)(H,18,21). The number of nitrogens with one attached hydrogen (secondary N) is 2. The van der Waals surface area contributed by atoms with E-state index in [0.717, 1.165) is 6.54 Å². The van der Waals surface area contributed by atoms with Crippen LogP contribution in [0.25, 0.3) is 0 Å². The molecule has 1 aromatic heterocycles. The summed E-state index contributed by atoms with van der Waals surface area (Å²) in [6.07, 6.45) is 0. The number of benzene rings is 1. The molecule has 7 heteroatoms. The summed E-state index contributed by atoms with van der Waals surface area (Å²) in [6.45, 7) is 5.21. The molecule has 0 radical (unpaired) electrons. The van der Waals surface area contributed by atoms with Gasteiger partial charge in [-0.05, 0) is 30.2 Å². The molecule has 7 nitrogen and oxygen atoms in total. The van der Waals surface area contributed by atoms with Crippen LogP contribution in [-0.2, 0) is 0 Å². The van der Waals surface area contributed by atoms with Crippen LogP contribution in [0.2, 0.25) is 0 Å². The summed E-state index contributed by atoms with van der Waals surface area (Å²) in [4.78, 5) is 12.2. The predicted octanol–water partition coefficient (Wildman–Crippen LogP) is 2.53. The molecule has 1 aliphatic rings. The maximum absolute atomic E-state index is 12.2. The summed E-state index contributed by atoms with van der Waals surface area (Å²) in [5.74, 6) is 2.11. The Morgan fingerprint density at radius 3 is 2.74 bits per heavy atom. The monoisotopic (exact) mass is 314 g/mol. The van der Waals surface area contributed by atoms with Gasteiger partial charge in [-0.2, -0.15) is 0 Å². The van der Waals surface area contributed by atoms with Gasteiger partial charge >= 0.3 is 0 Å². The molecule has 0 atom stereocenters. The fourth-order valence-electron chi connectivity index (χ4n) is 2.03. The molecule has 0 saturated heterocycles. The molecule has 1 aromatic carbocycles. The molecule has 0 saturated carbocycles. The van der Waals surface area contributed by atoms with Gasteiger partial charge in [0.25, 0.3) is 5.91 Å². The second-order valence-corrected chi connectivity index (χ2v) is 5.60. The van der Waals surface area contributed by atoms with Gasteiger partial charge in [-0.3, -0.25) is 4.79 Å². The van der Waals surface area contributed by atoms with E-state index in [-0.39, 0.29) is 18.4 Å². The van der Waals surface area contributed by atoms with Crippen molar-refractivity contribution in [3.05, 3.63) is 36.0 Å². The van der Waals surface area contributed by atoms with E-state index in [4.69, 9.17) is 9.47 Å². The minimum atomic E-state index is -0.327. The number of rotatable bonds is 5. The Morgan fingerprint density at radius 2 is 2.00 bits per heavy atom. The fourth-order valence-corrected chi connectivity index (χ4v) is 2.03. The molecule has 2 N–H and O–H groups in total. The number of hydrogen-bond donors (Lipinski definition) is 2. The Labute approximate surface area is 134 Å². The van der Waals surface area contributed by atoms with Gasteiger partial charge in [0.1, 0.15) is 5.82 Å². The van der Waals surface area contributed by atoms with Crippen LogP contribution in [0, 0.1) is 5.92 Å². The first-order chi connectivity index (χ1) is 11.1. The number of ether oxygens (including phenoxy) is 2. The lowest BCUT2D eigenvalue weighted by Gasteiger charge is -2.08. The zero-order valence-electron chi connectivity index (χ0n) is 13.0. The van der Waals surface area contributed by atoms with Gasteiger partial charge in [0.05, 0.1) is 0 Å². The molecule has 2 heterocycles. The van der Waals surface area contributed by atoms with Crippen LogP contribution >= 0.6 is 0 Å². The molecule has 3 rings (SSSR count). The summed E-state index contributed by atoms with van der Waals surface area (Å²) in [7, 11) is 0. The van der Waals surface area contributed by atoms with E-state index in [1.165, 1.54) is 0 Å². The number of anilines is 2. The Morgan fingerprint density at radius 1 is 1.17 bits per heavy atom. The van der Waals surface area contributed by atoms with Gasteiger partial charge in [-0.15, -0.1) is 10.2 Å². The van der Waals surface area contributed by atoms with E-state index >= 15 is 0 Å². The first-order valence-electron chi connectivity index (χ1n) is 7.40.